The first-order chi connectivity index (χ1) is 11.9. The van der Waals surface area contributed by atoms with Gasteiger partial charge in [-0.15, -0.1) is 0 Å². The summed E-state index contributed by atoms with van der Waals surface area (Å²) in [6.07, 6.45) is -3.93. The highest BCUT2D eigenvalue weighted by molar-refractivity contribution is 6.04. The molecule has 5 nitrogen and oxygen atoms in total. The summed E-state index contributed by atoms with van der Waals surface area (Å²) < 4.78 is 38.1. The number of hydrazone groups is 1. The molecular weight excluding hydrogens is 333 g/mol. The topological polar surface area (TPSA) is 56.7 Å². The SMILES string of the molecule is O=C(NC1=NN(c2ccccc2)CC1)Nc1cccc(C(F)(F)F)c1. The molecule has 1 aliphatic heterocycles. The maximum atomic E-state index is 12.7. The first-order valence-corrected chi connectivity index (χ1v) is 7.57. The van der Waals surface area contributed by atoms with Gasteiger partial charge in [-0.25, -0.2) is 4.79 Å². The van der Waals surface area contributed by atoms with Gasteiger partial charge >= 0.3 is 12.2 Å². The average Bonchev–Trinajstić information content (AvgIpc) is 3.03. The van der Waals surface area contributed by atoms with Crippen molar-refractivity contribution >= 4 is 23.2 Å². The van der Waals surface area contributed by atoms with Crippen molar-refractivity contribution in [3.05, 3.63) is 60.2 Å². The number of hydrogen-bond acceptors (Lipinski definition) is 3. The lowest BCUT2D eigenvalue weighted by Crippen LogP contribution is -2.33. The summed E-state index contributed by atoms with van der Waals surface area (Å²) >= 11 is 0. The molecule has 2 N–H and O–H groups in total. The van der Waals surface area contributed by atoms with E-state index in [1.165, 1.54) is 12.1 Å². The molecule has 0 radical (unpaired) electrons. The summed E-state index contributed by atoms with van der Waals surface area (Å²) in [6.45, 7) is 0.614. The Bertz CT molecular complexity index is 790. The fourth-order valence-corrected chi connectivity index (χ4v) is 2.40. The van der Waals surface area contributed by atoms with Gasteiger partial charge in [-0.2, -0.15) is 18.3 Å². The summed E-state index contributed by atoms with van der Waals surface area (Å²) in [5.41, 5.74) is 0.141. The summed E-state index contributed by atoms with van der Waals surface area (Å²) in [7, 11) is 0. The van der Waals surface area contributed by atoms with Gasteiger partial charge in [0.1, 0.15) is 5.84 Å². The molecular formula is C17H15F3N4O. The van der Waals surface area contributed by atoms with Crippen LogP contribution in [0.4, 0.5) is 29.3 Å². The molecule has 0 saturated heterocycles. The molecule has 0 spiro atoms. The first kappa shape index (κ1) is 16.8. The van der Waals surface area contributed by atoms with Crippen molar-refractivity contribution < 1.29 is 18.0 Å². The largest absolute Gasteiger partial charge is 0.416 e. The van der Waals surface area contributed by atoms with Gasteiger partial charge in [-0.1, -0.05) is 24.3 Å². The van der Waals surface area contributed by atoms with E-state index in [4.69, 9.17) is 0 Å². The highest BCUT2D eigenvalue weighted by atomic mass is 19.4. The Labute approximate surface area is 142 Å². The average molecular weight is 348 g/mol. The Morgan fingerprint density at radius 2 is 1.80 bits per heavy atom. The molecule has 0 unspecified atom stereocenters. The minimum Gasteiger partial charge on any atom is -0.308 e. The van der Waals surface area contributed by atoms with E-state index in [1.54, 1.807) is 5.01 Å². The van der Waals surface area contributed by atoms with Gasteiger partial charge in [0.25, 0.3) is 0 Å². The second-order valence-corrected chi connectivity index (χ2v) is 5.41. The molecule has 0 aromatic heterocycles. The predicted octanol–water partition coefficient (Wildman–Crippen LogP) is 4.05. The highest BCUT2D eigenvalue weighted by Gasteiger charge is 2.30. The molecule has 8 heteroatoms. The van der Waals surface area contributed by atoms with E-state index in [0.717, 1.165) is 17.8 Å². The number of urea groups is 1. The van der Waals surface area contributed by atoms with Crippen molar-refractivity contribution in [1.82, 2.24) is 5.32 Å². The van der Waals surface area contributed by atoms with Crippen LogP contribution in [0, 0.1) is 0 Å². The molecule has 2 amide bonds. The van der Waals surface area contributed by atoms with E-state index in [0.29, 0.717) is 18.8 Å². The van der Waals surface area contributed by atoms with Gasteiger partial charge in [-0.05, 0) is 30.3 Å². The number of amides is 2. The van der Waals surface area contributed by atoms with Crippen LogP contribution in [0.25, 0.3) is 0 Å². The van der Waals surface area contributed by atoms with Crippen LogP contribution < -0.4 is 15.6 Å². The molecule has 25 heavy (non-hydrogen) atoms. The number of halogens is 3. The molecule has 2 aromatic rings. The molecule has 1 aliphatic rings. The van der Waals surface area contributed by atoms with Crippen molar-refractivity contribution in [2.75, 3.05) is 16.9 Å². The zero-order valence-electron chi connectivity index (χ0n) is 13.0. The third kappa shape index (κ3) is 4.28. The predicted molar refractivity (Wildman–Crippen MR) is 89.4 cm³/mol. The van der Waals surface area contributed by atoms with E-state index < -0.39 is 17.8 Å². The molecule has 0 fully saturated rings. The third-order valence-corrected chi connectivity index (χ3v) is 3.56. The number of anilines is 2. The van der Waals surface area contributed by atoms with Crippen LogP contribution in [-0.4, -0.2) is 18.4 Å². The number of para-hydroxylation sites is 1. The van der Waals surface area contributed by atoms with Crippen LogP contribution in [0.1, 0.15) is 12.0 Å². The first-order valence-electron chi connectivity index (χ1n) is 7.57. The highest BCUT2D eigenvalue weighted by Crippen LogP contribution is 2.30. The van der Waals surface area contributed by atoms with E-state index >= 15 is 0 Å². The number of alkyl halides is 3. The molecule has 2 aromatic carbocycles. The minimum atomic E-state index is -4.46. The fraction of sp³-hybridized carbons (Fsp3) is 0.176. The quantitative estimate of drug-likeness (QED) is 0.860. The van der Waals surface area contributed by atoms with Crippen molar-refractivity contribution in [3.63, 3.8) is 0 Å². The standard InChI is InChI=1S/C17H15F3N4O/c18-17(19,20)12-5-4-6-13(11-12)21-16(25)22-15-9-10-24(23-15)14-7-2-1-3-8-14/h1-8,11H,9-10H2,(H2,21,22,23,25). The van der Waals surface area contributed by atoms with Gasteiger partial charge in [0, 0.05) is 18.7 Å². The summed E-state index contributed by atoms with van der Waals surface area (Å²) in [6, 6.07) is 13.3. The molecule has 0 aliphatic carbocycles. The lowest BCUT2D eigenvalue weighted by molar-refractivity contribution is -0.137. The Balaban J connectivity index is 1.62. The number of amidine groups is 1. The third-order valence-electron chi connectivity index (χ3n) is 3.56. The Morgan fingerprint density at radius 1 is 1.04 bits per heavy atom. The van der Waals surface area contributed by atoms with Crippen LogP contribution in [0.3, 0.4) is 0 Å². The number of nitrogens with one attached hydrogen (secondary N) is 2. The van der Waals surface area contributed by atoms with E-state index in [9.17, 15) is 18.0 Å². The maximum absolute atomic E-state index is 12.7. The zero-order chi connectivity index (χ0) is 17.9. The van der Waals surface area contributed by atoms with Crippen molar-refractivity contribution in [1.29, 1.82) is 0 Å². The van der Waals surface area contributed by atoms with Gasteiger partial charge in [0.05, 0.1) is 11.3 Å². The summed E-state index contributed by atoms with van der Waals surface area (Å²) in [5.74, 6) is 0.452. The minimum absolute atomic E-state index is 0.0610. The van der Waals surface area contributed by atoms with E-state index in [-0.39, 0.29) is 5.69 Å². The van der Waals surface area contributed by atoms with Gasteiger partial charge in [-0.3, -0.25) is 10.3 Å². The van der Waals surface area contributed by atoms with E-state index in [2.05, 4.69) is 15.7 Å². The fourth-order valence-electron chi connectivity index (χ4n) is 2.40. The lowest BCUT2D eigenvalue weighted by atomic mass is 10.2. The maximum Gasteiger partial charge on any atom is 0.416 e. The van der Waals surface area contributed by atoms with Crippen molar-refractivity contribution in [3.8, 4) is 0 Å². The second kappa shape index (κ2) is 6.84. The van der Waals surface area contributed by atoms with Gasteiger partial charge in [0.2, 0.25) is 0 Å². The Hall–Kier alpha value is -3.03. The van der Waals surface area contributed by atoms with Crippen molar-refractivity contribution in [2.24, 2.45) is 5.10 Å². The van der Waals surface area contributed by atoms with Crippen LogP contribution in [0.5, 0.6) is 0 Å². The van der Waals surface area contributed by atoms with Crippen molar-refractivity contribution in [2.45, 2.75) is 12.6 Å². The molecule has 0 bridgehead atoms. The Morgan fingerprint density at radius 3 is 2.52 bits per heavy atom. The summed E-state index contributed by atoms with van der Waals surface area (Å²) in [4.78, 5) is 12.0. The lowest BCUT2D eigenvalue weighted by Gasteiger charge is -2.12. The summed E-state index contributed by atoms with van der Waals surface area (Å²) in [5, 5.41) is 11.0. The number of carbonyl (C=O) groups is 1. The molecule has 1 heterocycles. The van der Waals surface area contributed by atoms with E-state index in [1.807, 2.05) is 30.3 Å². The zero-order valence-corrected chi connectivity index (χ0v) is 13.0. The number of hydrogen-bond donors (Lipinski definition) is 2. The van der Waals surface area contributed by atoms with Gasteiger partial charge < -0.3 is 5.32 Å². The monoisotopic (exact) mass is 348 g/mol. The smallest absolute Gasteiger partial charge is 0.308 e. The van der Waals surface area contributed by atoms with Gasteiger partial charge in [0.15, 0.2) is 0 Å². The molecule has 3 rings (SSSR count). The number of nitrogens with zero attached hydrogens (tertiary/aromatic N) is 2. The number of rotatable bonds is 2. The normalized spacial score (nSPS) is 14.2. The second-order valence-electron chi connectivity index (χ2n) is 5.41. The molecule has 0 atom stereocenters. The number of benzene rings is 2. The van der Waals surface area contributed by atoms with Crippen LogP contribution >= 0.6 is 0 Å². The number of carbonyl (C=O) groups excluding carboxylic acids is 1. The van der Waals surface area contributed by atoms with Crippen LogP contribution in [-0.2, 0) is 6.18 Å². The molecule has 0 saturated carbocycles. The van der Waals surface area contributed by atoms with Crippen LogP contribution in [0.15, 0.2) is 59.7 Å². The van der Waals surface area contributed by atoms with Crippen LogP contribution in [0.2, 0.25) is 0 Å². The Kier molecular flexibility index (Phi) is 4.60. The molecule has 130 valence electrons.